The molecule has 3 rings (SSSR count). The lowest BCUT2D eigenvalue weighted by atomic mass is 10.0. The van der Waals surface area contributed by atoms with Crippen LogP contribution in [-0.4, -0.2) is 9.78 Å². The summed E-state index contributed by atoms with van der Waals surface area (Å²) in [5.41, 5.74) is 1.37. The fraction of sp³-hybridized carbons (Fsp3) is 0.400. The van der Waals surface area contributed by atoms with E-state index in [-0.39, 0.29) is 0 Å². The lowest BCUT2D eigenvalue weighted by molar-refractivity contribution is 0.643. The second-order valence-corrected chi connectivity index (χ2v) is 4.93. The molecule has 1 saturated carbocycles. The van der Waals surface area contributed by atoms with Crippen LogP contribution in [0, 0.1) is 5.92 Å². The van der Waals surface area contributed by atoms with Crippen LogP contribution in [-0.2, 0) is 6.54 Å². The van der Waals surface area contributed by atoms with Crippen molar-refractivity contribution in [3.05, 3.63) is 48.2 Å². The number of aryl methyl sites for hydroxylation is 1. The van der Waals surface area contributed by atoms with Gasteiger partial charge >= 0.3 is 0 Å². The zero-order chi connectivity index (χ0) is 12.4. The van der Waals surface area contributed by atoms with Crippen LogP contribution < -0.4 is 5.32 Å². The van der Waals surface area contributed by atoms with Crippen molar-refractivity contribution in [3.8, 4) is 0 Å². The summed E-state index contributed by atoms with van der Waals surface area (Å²) in [6.45, 7) is 3.02. The molecule has 2 aromatic rings. The highest BCUT2D eigenvalue weighted by Gasteiger charge is 2.32. The molecule has 0 radical (unpaired) electrons. The second kappa shape index (κ2) is 4.84. The Morgan fingerprint density at radius 1 is 1.28 bits per heavy atom. The van der Waals surface area contributed by atoms with Gasteiger partial charge in [-0.15, -0.1) is 0 Å². The highest BCUT2D eigenvalue weighted by atomic mass is 15.3. The van der Waals surface area contributed by atoms with E-state index in [0.29, 0.717) is 6.04 Å². The summed E-state index contributed by atoms with van der Waals surface area (Å²) < 4.78 is 1.96. The van der Waals surface area contributed by atoms with E-state index >= 15 is 0 Å². The Bertz CT molecular complexity index is 499. The van der Waals surface area contributed by atoms with Crippen LogP contribution in [0.25, 0.3) is 0 Å². The Kier molecular flexibility index (Phi) is 3.05. The van der Waals surface area contributed by atoms with Gasteiger partial charge in [-0.25, -0.2) is 0 Å². The molecule has 0 spiro atoms. The van der Waals surface area contributed by atoms with Crippen molar-refractivity contribution in [2.75, 3.05) is 5.32 Å². The van der Waals surface area contributed by atoms with Crippen molar-refractivity contribution in [2.45, 2.75) is 32.4 Å². The second-order valence-electron chi connectivity index (χ2n) is 4.93. The molecule has 1 heterocycles. The lowest BCUT2D eigenvalue weighted by Gasteiger charge is -2.18. The summed E-state index contributed by atoms with van der Waals surface area (Å²) in [5, 5.41) is 8.09. The molecule has 0 amide bonds. The molecule has 1 N–H and O–H groups in total. The first-order chi connectivity index (χ1) is 8.86. The van der Waals surface area contributed by atoms with Crippen LogP contribution >= 0.6 is 0 Å². The van der Waals surface area contributed by atoms with Crippen molar-refractivity contribution in [3.63, 3.8) is 0 Å². The molecule has 1 fully saturated rings. The van der Waals surface area contributed by atoms with E-state index in [2.05, 4.69) is 53.7 Å². The van der Waals surface area contributed by atoms with Gasteiger partial charge in [-0.3, -0.25) is 4.68 Å². The average molecular weight is 241 g/mol. The number of rotatable bonds is 5. The normalized spacial score (nSPS) is 16.5. The maximum atomic E-state index is 4.51. The van der Waals surface area contributed by atoms with Crippen LogP contribution in [0.1, 0.15) is 31.4 Å². The maximum Gasteiger partial charge on any atom is 0.148 e. The Morgan fingerprint density at radius 2 is 2.06 bits per heavy atom. The first-order valence-electron chi connectivity index (χ1n) is 6.72. The SMILES string of the molecule is CCn1ccc(NC(c2ccccc2)C2CC2)n1. The minimum atomic E-state index is 0.409. The molecule has 1 aromatic carbocycles. The van der Waals surface area contributed by atoms with Gasteiger partial charge in [-0.05, 0) is 31.2 Å². The number of hydrogen-bond donors (Lipinski definition) is 1. The number of aromatic nitrogens is 2. The van der Waals surface area contributed by atoms with Gasteiger partial charge in [0.1, 0.15) is 5.82 Å². The van der Waals surface area contributed by atoms with Crippen LogP contribution in [0.5, 0.6) is 0 Å². The maximum absolute atomic E-state index is 4.51. The van der Waals surface area contributed by atoms with Crippen LogP contribution in [0.4, 0.5) is 5.82 Å². The fourth-order valence-electron chi connectivity index (χ4n) is 2.34. The molecule has 18 heavy (non-hydrogen) atoms. The minimum Gasteiger partial charge on any atom is -0.362 e. The summed E-state index contributed by atoms with van der Waals surface area (Å²) in [7, 11) is 0. The Labute approximate surface area is 108 Å². The Hall–Kier alpha value is -1.77. The molecule has 1 atom stereocenters. The van der Waals surface area contributed by atoms with Gasteiger partial charge in [0.15, 0.2) is 0 Å². The first kappa shape index (κ1) is 11.3. The van der Waals surface area contributed by atoms with Gasteiger partial charge in [0.2, 0.25) is 0 Å². The van der Waals surface area contributed by atoms with Crippen LogP contribution in [0.3, 0.4) is 0 Å². The van der Waals surface area contributed by atoms with Gasteiger partial charge < -0.3 is 5.32 Å². The summed E-state index contributed by atoms with van der Waals surface area (Å²) >= 11 is 0. The predicted molar refractivity (Wildman–Crippen MR) is 73.4 cm³/mol. The monoisotopic (exact) mass is 241 g/mol. The zero-order valence-electron chi connectivity index (χ0n) is 10.7. The summed E-state index contributed by atoms with van der Waals surface area (Å²) in [4.78, 5) is 0. The van der Waals surface area contributed by atoms with Gasteiger partial charge in [-0.2, -0.15) is 5.10 Å². The van der Waals surface area contributed by atoms with Crippen molar-refractivity contribution < 1.29 is 0 Å². The molecule has 1 unspecified atom stereocenters. The van der Waals surface area contributed by atoms with Gasteiger partial charge in [-0.1, -0.05) is 30.3 Å². The predicted octanol–water partition coefficient (Wildman–Crippen LogP) is 3.47. The average Bonchev–Trinajstić information content (AvgIpc) is 3.16. The fourth-order valence-corrected chi connectivity index (χ4v) is 2.34. The van der Waals surface area contributed by atoms with E-state index < -0.39 is 0 Å². The standard InChI is InChI=1S/C15H19N3/c1-2-18-11-10-14(17-18)16-15(13-8-9-13)12-6-4-3-5-7-12/h3-7,10-11,13,15H,2,8-9H2,1H3,(H,16,17). The number of hydrogen-bond acceptors (Lipinski definition) is 2. The van der Waals surface area contributed by atoms with E-state index in [1.54, 1.807) is 0 Å². The first-order valence-corrected chi connectivity index (χ1v) is 6.72. The van der Waals surface area contributed by atoms with E-state index in [4.69, 9.17) is 0 Å². The highest BCUT2D eigenvalue weighted by molar-refractivity contribution is 5.38. The highest BCUT2D eigenvalue weighted by Crippen LogP contribution is 2.42. The Morgan fingerprint density at radius 3 is 2.67 bits per heavy atom. The van der Waals surface area contributed by atoms with Crippen LogP contribution in [0.15, 0.2) is 42.6 Å². The van der Waals surface area contributed by atoms with Crippen molar-refractivity contribution in [1.29, 1.82) is 0 Å². The van der Waals surface area contributed by atoms with Gasteiger partial charge in [0.05, 0.1) is 6.04 Å². The topological polar surface area (TPSA) is 29.9 Å². The smallest absolute Gasteiger partial charge is 0.148 e. The lowest BCUT2D eigenvalue weighted by Crippen LogP contribution is -2.13. The van der Waals surface area contributed by atoms with Crippen molar-refractivity contribution in [2.24, 2.45) is 5.92 Å². The molecular formula is C15H19N3. The summed E-state index contributed by atoms with van der Waals surface area (Å²) in [6.07, 6.45) is 4.67. The molecule has 0 bridgehead atoms. The largest absolute Gasteiger partial charge is 0.362 e. The summed E-state index contributed by atoms with van der Waals surface area (Å²) in [6, 6.07) is 13.2. The third-order valence-corrected chi connectivity index (χ3v) is 3.52. The summed E-state index contributed by atoms with van der Waals surface area (Å²) in [5.74, 6) is 1.75. The third kappa shape index (κ3) is 2.40. The molecule has 1 aliphatic carbocycles. The number of nitrogens with zero attached hydrogens (tertiary/aromatic N) is 2. The Balaban J connectivity index is 1.78. The minimum absolute atomic E-state index is 0.409. The molecule has 1 aliphatic rings. The molecule has 0 aliphatic heterocycles. The third-order valence-electron chi connectivity index (χ3n) is 3.52. The van der Waals surface area contributed by atoms with Crippen molar-refractivity contribution in [1.82, 2.24) is 9.78 Å². The molecule has 3 nitrogen and oxygen atoms in total. The van der Waals surface area contributed by atoms with E-state index in [9.17, 15) is 0 Å². The molecule has 0 saturated heterocycles. The quantitative estimate of drug-likeness (QED) is 0.868. The van der Waals surface area contributed by atoms with E-state index in [0.717, 1.165) is 18.3 Å². The van der Waals surface area contributed by atoms with E-state index in [1.165, 1.54) is 18.4 Å². The zero-order valence-corrected chi connectivity index (χ0v) is 10.7. The van der Waals surface area contributed by atoms with Gasteiger partial charge in [0, 0.05) is 18.8 Å². The van der Waals surface area contributed by atoms with Gasteiger partial charge in [0.25, 0.3) is 0 Å². The van der Waals surface area contributed by atoms with E-state index in [1.807, 2.05) is 10.9 Å². The number of benzene rings is 1. The molecule has 3 heteroatoms. The molecule has 94 valence electrons. The van der Waals surface area contributed by atoms with Crippen molar-refractivity contribution >= 4 is 5.82 Å². The number of anilines is 1. The van der Waals surface area contributed by atoms with Crippen LogP contribution in [0.2, 0.25) is 0 Å². The number of nitrogens with one attached hydrogen (secondary N) is 1. The molecule has 1 aromatic heterocycles. The molecular weight excluding hydrogens is 222 g/mol.